The molecular formula is C14H23N3O3S. The number of hydrogen-bond donors (Lipinski definition) is 1. The zero-order chi connectivity index (χ0) is 15.0. The van der Waals surface area contributed by atoms with Crippen molar-refractivity contribution in [1.29, 1.82) is 0 Å². The van der Waals surface area contributed by atoms with Gasteiger partial charge in [0.15, 0.2) is 0 Å². The molecule has 0 atom stereocenters. The minimum atomic E-state index is -3.45. The maximum Gasteiger partial charge on any atom is 0.244 e. The zero-order valence-corrected chi connectivity index (χ0v) is 13.2. The molecule has 0 bridgehead atoms. The summed E-state index contributed by atoms with van der Waals surface area (Å²) in [6.45, 7) is 1.62. The molecule has 0 radical (unpaired) electrons. The fourth-order valence-electron chi connectivity index (χ4n) is 2.91. The summed E-state index contributed by atoms with van der Waals surface area (Å²) in [4.78, 5) is 0.365. The van der Waals surface area contributed by atoms with Gasteiger partial charge in [-0.3, -0.25) is 0 Å². The molecule has 0 aromatic carbocycles. The Labute approximate surface area is 125 Å². The number of hydrogen-bond acceptors (Lipinski definition) is 4. The van der Waals surface area contributed by atoms with Crippen molar-refractivity contribution in [2.45, 2.75) is 49.2 Å². The largest absolute Gasteiger partial charge is 0.381 e. The molecule has 2 fully saturated rings. The molecule has 118 valence electrons. The van der Waals surface area contributed by atoms with E-state index in [2.05, 4.69) is 0 Å². The van der Waals surface area contributed by atoms with Gasteiger partial charge in [-0.1, -0.05) is 0 Å². The second-order valence-electron chi connectivity index (χ2n) is 5.87. The molecule has 2 aliphatic rings. The summed E-state index contributed by atoms with van der Waals surface area (Å²) in [5, 5.41) is 0. The molecular weight excluding hydrogens is 290 g/mol. The van der Waals surface area contributed by atoms with Crippen molar-refractivity contribution < 1.29 is 13.2 Å². The highest BCUT2D eigenvalue weighted by atomic mass is 32.2. The first kappa shape index (κ1) is 15.0. The Balaban J connectivity index is 1.86. The Morgan fingerprint density at radius 2 is 2.00 bits per heavy atom. The molecule has 1 aromatic rings. The summed E-state index contributed by atoms with van der Waals surface area (Å²) in [5.74, 6) is 0. The van der Waals surface area contributed by atoms with E-state index in [1.165, 1.54) is 4.31 Å². The van der Waals surface area contributed by atoms with Crippen molar-refractivity contribution in [2.24, 2.45) is 5.73 Å². The normalized spacial score (nSPS) is 21.1. The molecule has 7 heteroatoms. The molecule has 0 spiro atoms. The number of sulfonamides is 1. The Morgan fingerprint density at radius 3 is 2.57 bits per heavy atom. The molecule has 2 N–H and O–H groups in total. The van der Waals surface area contributed by atoms with E-state index in [1.807, 2.05) is 4.57 Å². The van der Waals surface area contributed by atoms with E-state index in [1.54, 1.807) is 19.3 Å². The van der Waals surface area contributed by atoms with Crippen LogP contribution in [0.1, 0.15) is 37.4 Å². The number of aromatic nitrogens is 1. The lowest BCUT2D eigenvalue weighted by molar-refractivity contribution is 0.0632. The minimum Gasteiger partial charge on any atom is -0.381 e. The van der Waals surface area contributed by atoms with E-state index >= 15 is 0 Å². The van der Waals surface area contributed by atoms with Crippen LogP contribution in [0.5, 0.6) is 0 Å². The van der Waals surface area contributed by atoms with Crippen LogP contribution in [-0.4, -0.2) is 43.6 Å². The van der Waals surface area contributed by atoms with Gasteiger partial charge in [-0.2, -0.15) is 4.31 Å². The third-order valence-corrected chi connectivity index (χ3v) is 6.31. The highest BCUT2D eigenvalue weighted by molar-refractivity contribution is 7.89. The Morgan fingerprint density at radius 1 is 1.33 bits per heavy atom. The van der Waals surface area contributed by atoms with Gasteiger partial charge in [0.1, 0.15) is 4.90 Å². The van der Waals surface area contributed by atoms with Gasteiger partial charge in [0.2, 0.25) is 10.0 Å². The molecule has 1 saturated heterocycles. The number of nitrogens with two attached hydrogens (primary N) is 1. The predicted octanol–water partition coefficient (Wildman–Crippen LogP) is 1.08. The first-order valence-corrected chi connectivity index (χ1v) is 8.94. The molecule has 1 saturated carbocycles. The molecule has 6 nitrogen and oxygen atoms in total. The van der Waals surface area contributed by atoms with Crippen LogP contribution in [0, 0.1) is 0 Å². The average molecular weight is 313 g/mol. The van der Waals surface area contributed by atoms with Crippen LogP contribution in [0.25, 0.3) is 0 Å². The van der Waals surface area contributed by atoms with Crippen molar-refractivity contribution in [3.8, 4) is 0 Å². The van der Waals surface area contributed by atoms with Gasteiger partial charge >= 0.3 is 0 Å². The summed E-state index contributed by atoms with van der Waals surface area (Å²) < 4.78 is 34.4. The highest BCUT2D eigenvalue weighted by Crippen LogP contribution is 2.37. The van der Waals surface area contributed by atoms with E-state index in [-0.39, 0.29) is 6.04 Å². The van der Waals surface area contributed by atoms with Crippen LogP contribution in [0.2, 0.25) is 0 Å². The van der Waals surface area contributed by atoms with E-state index in [4.69, 9.17) is 10.5 Å². The second kappa shape index (κ2) is 5.72. The zero-order valence-electron chi connectivity index (χ0n) is 12.4. The molecule has 3 rings (SSSR count). The number of rotatable bonds is 5. The third-order valence-electron chi connectivity index (χ3n) is 4.44. The summed E-state index contributed by atoms with van der Waals surface area (Å²) in [6, 6.07) is 2.18. The molecule has 1 aliphatic carbocycles. The Kier molecular flexibility index (Phi) is 4.09. The number of nitrogens with zero attached hydrogens (tertiary/aromatic N) is 2. The molecule has 1 aliphatic heterocycles. The van der Waals surface area contributed by atoms with Crippen LogP contribution < -0.4 is 5.73 Å². The van der Waals surface area contributed by atoms with Gasteiger partial charge in [0.25, 0.3) is 0 Å². The average Bonchev–Trinajstić information content (AvgIpc) is 3.25. The quantitative estimate of drug-likeness (QED) is 0.882. The van der Waals surface area contributed by atoms with Crippen molar-refractivity contribution in [3.05, 3.63) is 18.0 Å². The van der Waals surface area contributed by atoms with E-state index < -0.39 is 10.0 Å². The molecule has 2 heterocycles. The molecule has 0 amide bonds. The van der Waals surface area contributed by atoms with Crippen molar-refractivity contribution in [3.63, 3.8) is 0 Å². The van der Waals surface area contributed by atoms with Gasteiger partial charge < -0.3 is 15.0 Å². The minimum absolute atomic E-state index is 0.0225. The first-order valence-electron chi connectivity index (χ1n) is 7.50. The molecule has 21 heavy (non-hydrogen) atoms. The van der Waals surface area contributed by atoms with Crippen LogP contribution in [0.15, 0.2) is 17.2 Å². The maximum atomic E-state index is 12.8. The lowest BCUT2D eigenvalue weighted by Crippen LogP contribution is -2.40. The van der Waals surface area contributed by atoms with Gasteiger partial charge in [0, 0.05) is 50.8 Å². The SMILES string of the molecule is CN(C1CCOCC1)S(=O)(=O)c1cc(CN)n(C2CC2)c1. The molecule has 0 unspecified atom stereocenters. The Bertz CT molecular complexity index is 601. The van der Waals surface area contributed by atoms with Gasteiger partial charge in [-0.25, -0.2) is 8.42 Å². The second-order valence-corrected chi connectivity index (χ2v) is 7.87. The first-order chi connectivity index (χ1) is 10.0. The van der Waals surface area contributed by atoms with Crippen LogP contribution in [0.4, 0.5) is 0 Å². The predicted molar refractivity (Wildman–Crippen MR) is 79.4 cm³/mol. The van der Waals surface area contributed by atoms with E-state index in [0.29, 0.717) is 30.7 Å². The van der Waals surface area contributed by atoms with Crippen LogP contribution in [0.3, 0.4) is 0 Å². The van der Waals surface area contributed by atoms with Gasteiger partial charge in [0.05, 0.1) is 0 Å². The van der Waals surface area contributed by atoms with E-state index in [0.717, 1.165) is 31.4 Å². The highest BCUT2D eigenvalue weighted by Gasteiger charge is 2.32. The van der Waals surface area contributed by atoms with Crippen molar-refractivity contribution in [1.82, 2.24) is 8.87 Å². The maximum absolute atomic E-state index is 12.8. The fraction of sp³-hybridized carbons (Fsp3) is 0.714. The third kappa shape index (κ3) is 2.88. The molecule has 1 aromatic heterocycles. The van der Waals surface area contributed by atoms with E-state index in [9.17, 15) is 8.42 Å². The van der Waals surface area contributed by atoms with Crippen LogP contribution in [-0.2, 0) is 21.3 Å². The smallest absolute Gasteiger partial charge is 0.244 e. The summed E-state index contributed by atoms with van der Waals surface area (Å²) in [6.07, 6.45) is 5.48. The van der Waals surface area contributed by atoms with Gasteiger partial charge in [-0.05, 0) is 31.7 Å². The van der Waals surface area contributed by atoms with Crippen molar-refractivity contribution in [2.75, 3.05) is 20.3 Å². The lowest BCUT2D eigenvalue weighted by atomic mass is 10.1. The van der Waals surface area contributed by atoms with Crippen LogP contribution >= 0.6 is 0 Å². The summed E-state index contributed by atoms with van der Waals surface area (Å²) >= 11 is 0. The monoisotopic (exact) mass is 313 g/mol. The lowest BCUT2D eigenvalue weighted by Gasteiger charge is -2.30. The fourth-order valence-corrected chi connectivity index (χ4v) is 4.37. The summed E-state index contributed by atoms with van der Waals surface area (Å²) in [5.41, 5.74) is 6.65. The topological polar surface area (TPSA) is 77.6 Å². The summed E-state index contributed by atoms with van der Waals surface area (Å²) in [7, 11) is -1.79. The number of ether oxygens (including phenoxy) is 1. The van der Waals surface area contributed by atoms with Crippen molar-refractivity contribution >= 4 is 10.0 Å². The van der Waals surface area contributed by atoms with Gasteiger partial charge in [-0.15, -0.1) is 0 Å². The Hall–Kier alpha value is -0.890. The standard InChI is InChI=1S/C14H23N3O3S/c1-16(11-4-6-20-7-5-11)21(18,19)14-8-13(9-15)17(10-14)12-2-3-12/h8,10-12H,2-7,9,15H2,1H3.